The Morgan fingerprint density at radius 2 is 1.88 bits per heavy atom. The van der Waals surface area contributed by atoms with E-state index in [0.29, 0.717) is 30.2 Å². The monoisotopic (exact) mass is 358 g/mol. The number of primary amides is 1. The van der Waals surface area contributed by atoms with Gasteiger partial charge in [0.25, 0.3) is 5.91 Å². The lowest BCUT2D eigenvalue weighted by molar-refractivity contribution is 0.0205. The zero-order valence-electron chi connectivity index (χ0n) is 15.8. The standard InChI is InChI=1S/C20H26N2O4/c1-12-11-16-14(5-6-15(18(21)23)17(16)25-12)13-7-9-22(10-8-13)19(24)26-20(2,3)4/h5-6,11,13H,7-10H2,1-4H3,(H2,21,23). The number of likely N-dealkylation sites (tertiary alicyclic amines) is 1. The molecule has 0 bridgehead atoms. The summed E-state index contributed by atoms with van der Waals surface area (Å²) in [5.74, 6) is 0.562. The van der Waals surface area contributed by atoms with Crippen LogP contribution in [0.2, 0.25) is 0 Å². The summed E-state index contributed by atoms with van der Waals surface area (Å²) in [5.41, 5.74) is 7.08. The number of piperidine rings is 1. The van der Waals surface area contributed by atoms with Gasteiger partial charge in [0, 0.05) is 18.5 Å². The van der Waals surface area contributed by atoms with E-state index in [1.54, 1.807) is 11.0 Å². The highest BCUT2D eigenvalue weighted by molar-refractivity contribution is 6.05. The fraction of sp³-hybridized carbons (Fsp3) is 0.500. The first-order valence-electron chi connectivity index (χ1n) is 8.96. The lowest BCUT2D eigenvalue weighted by Crippen LogP contribution is -2.41. The number of hydrogen-bond donors (Lipinski definition) is 1. The minimum atomic E-state index is -0.490. The average molecular weight is 358 g/mol. The molecule has 0 saturated carbocycles. The third kappa shape index (κ3) is 3.69. The van der Waals surface area contributed by atoms with Crippen molar-refractivity contribution < 1.29 is 18.7 Å². The molecule has 6 nitrogen and oxygen atoms in total. The molecule has 0 spiro atoms. The highest BCUT2D eigenvalue weighted by Crippen LogP contribution is 2.36. The molecule has 1 saturated heterocycles. The van der Waals surface area contributed by atoms with E-state index in [4.69, 9.17) is 14.9 Å². The van der Waals surface area contributed by atoms with Crippen molar-refractivity contribution in [2.24, 2.45) is 5.73 Å². The Balaban J connectivity index is 1.79. The molecule has 2 aromatic rings. The van der Waals surface area contributed by atoms with Crippen LogP contribution in [-0.4, -0.2) is 35.6 Å². The van der Waals surface area contributed by atoms with Crippen molar-refractivity contribution in [3.05, 3.63) is 35.1 Å². The number of benzene rings is 1. The van der Waals surface area contributed by atoms with Crippen LogP contribution in [0.5, 0.6) is 0 Å². The maximum absolute atomic E-state index is 12.2. The second-order valence-electron chi connectivity index (χ2n) is 7.91. The van der Waals surface area contributed by atoms with Crippen LogP contribution in [-0.2, 0) is 4.74 Å². The highest BCUT2D eigenvalue weighted by Gasteiger charge is 2.29. The van der Waals surface area contributed by atoms with Gasteiger partial charge in [-0.2, -0.15) is 0 Å². The highest BCUT2D eigenvalue weighted by atomic mass is 16.6. The van der Waals surface area contributed by atoms with Gasteiger partial charge < -0.3 is 19.8 Å². The summed E-state index contributed by atoms with van der Waals surface area (Å²) >= 11 is 0. The van der Waals surface area contributed by atoms with Gasteiger partial charge in [0.2, 0.25) is 0 Å². The van der Waals surface area contributed by atoms with Crippen molar-refractivity contribution in [1.29, 1.82) is 0 Å². The van der Waals surface area contributed by atoms with Crippen LogP contribution in [0.1, 0.15) is 61.2 Å². The van der Waals surface area contributed by atoms with Crippen LogP contribution in [0, 0.1) is 6.92 Å². The molecule has 0 atom stereocenters. The van der Waals surface area contributed by atoms with Gasteiger partial charge in [-0.1, -0.05) is 6.07 Å². The van der Waals surface area contributed by atoms with Crippen molar-refractivity contribution >= 4 is 23.0 Å². The zero-order valence-corrected chi connectivity index (χ0v) is 15.8. The van der Waals surface area contributed by atoms with Gasteiger partial charge >= 0.3 is 6.09 Å². The first kappa shape index (κ1) is 18.3. The Bertz CT molecular complexity index is 839. The molecule has 2 heterocycles. The van der Waals surface area contributed by atoms with Gasteiger partial charge in [-0.3, -0.25) is 4.79 Å². The SMILES string of the molecule is Cc1cc2c(C3CCN(C(=O)OC(C)(C)C)CC3)ccc(C(N)=O)c2o1. The summed E-state index contributed by atoms with van der Waals surface area (Å²) < 4.78 is 11.2. The fourth-order valence-electron chi connectivity index (χ4n) is 3.52. The van der Waals surface area contributed by atoms with E-state index in [2.05, 4.69) is 0 Å². The summed E-state index contributed by atoms with van der Waals surface area (Å²) in [4.78, 5) is 25.6. The maximum Gasteiger partial charge on any atom is 0.410 e. The summed E-state index contributed by atoms with van der Waals surface area (Å²) in [5, 5.41) is 0.939. The van der Waals surface area contributed by atoms with Gasteiger partial charge in [0.1, 0.15) is 16.9 Å². The molecule has 1 aliphatic rings. The zero-order chi connectivity index (χ0) is 19.1. The quantitative estimate of drug-likeness (QED) is 0.880. The minimum absolute atomic E-state index is 0.260. The van der Waals surface area contributed by atoms with E-state index in [9.17, 15) is 9.59 Å². The van der Waals surface area contributed by atoms with Crippen molar-refractivity contribution in [3.8, 4) is 0 Å². The largest absolute Gasteiger partial charge is 0.461 e. The van der Waals surface area contributed by atoms with Gasteiger partial charge in [-0.15, -0.1) is 0 Å². The maximum atomic E-state index is 12.2. The molecule has 1 aliphatic heterocycles. The van der Waals surface area contributed by atoms with E-state index < -0.39 is 11.5 Å². The number of hydrogen-bond acceptors (Lipinski definition) is 4. The van der Waals surface area contributed by atoms with Gasteiger partial charge in [-0.25, -0.2) is 4.79 Å². The van der Waals surface area contributed by atoms with Crippen LogP contribution in [0.25, 0.3) is 11.0 Å². The van der Waals surface area contributed by atoms with E-state index in [1.165, 1.54) is 0 Å². The Hall–Kier alpha value is -2.50. The Morgan fingerprint density at radius 1 is 1.23 bits per heavy atom. The minimum Gasteiger partial charge on any atom is -0.461 e. The molecular formula is C20H26N2O4. The Morgan fingerprint density at radius 3 is 2.46 bits per heavy atom. The topological polar surface area (TPSA) is 85.8 Å². The summed E-state index contributed by atoms with van der Waals surface area (Å²) in [6, 6.07) is 5.66. The average Bonchev–Trinajstić information content (AvgIpc) is 2.93. The smallest absolute Gasteiger partial charge is 0.410 e. The fourth-order valence-corrected chi connectivity index (χ4v) is 3.52. The molecule has 0 radical (unpaired) electrons. The predicted molar refractivity (Wildman–Crippen MR) is 99.3 cm³/mol. The van der Waals surface area contributed by atoms with Gasteiger partial charge in [0.05, 0.1) is 5.56 Å². The number of carbonyl (C=O) groups excluding carboxylic acids is 2. The normalized spacial score (nSPS) is 16.1. The van der Waals surface area contributed by atoms with Crippen LogP contribution < -0.4 is 5.73 Å². The number of rotatable bonds is 2. The lowest BCUT2D eigenvalue weighted by Gasteiger charge is -2.33. The van der Waals surface area contributed by atoms with Crippen LogP contribution >= 0.6 is 0 Å². The van der Waals surface area contributed by atoms with E-state index in [0.717, 1.165) is 29.6 Å². The van der Waals surface area contributed by atoms with E-state index >= 15 is 0 Å². The number of ether oxygens (including phenoxy) is 1. The van der Waals surface area contributed by atoms with Gasteiger partial charge in [-0.05, 0) is 64.2 Å². The van der Waals surface area contributed by atoms with Crippen LogP contribution in [0.3, 0.4) is 0 Å². The number of nitrogens with zero attached hydrogens (tertiary/aromatic N) is 1. The second-order valence-corrected chi connectivity index (χ2v) is 7.91. The van der Waals surface area contributed by atoms with E-state index in [1.807, 2.05) is 39.8 Å². The van der Waals surface area contributed by atoms with Crippen molar-refractivity contribution in [3.63, 3.8) is 0 Å². The lowest BCUT2D eigenvalue weighted by atomic mass is 9.87. The Kier molecular flexibility index (Phi) is 4.69. The third-order valence-electron chi connectivity index (χ3n) is 4.69. The number of aryl methyl sites for hydroxylation is 1. The molecule has 3 rings (SSSR count). The summed E-state index contributed by atoms with van der Waals surface area (Å²) in [7, 11) is 0. The number of fused-ring (bicyclic) bond motifs is 1. The predicted octanol–water partition coefficient (Wildman–Crippen LogP) is 3.95. The number of furan rings is 1. The molecule has 1 fully saturated rings. The third-order valence-corrected chi connectivity index (χ3v) is 4.69. The number of amides is 2. The number of carbonyl (C=O) groups is 2. The first-order chi connectivity index (χ1) is 12.2. The van der Waals surface area contributed by atoms with Crippen molar-refractivity contribution in [2.75, 3.05) is 13.1 Å². The molecular weight excluding hydrogens is 332 g/mol. The number of nitrogens with two attached hydrogens (primary N) is 1. The molecule has 1 aromatic carbocycles. The van der Waals surface area contributed by atoms with Crippen molar-refractivity contribution in [1.82, 2.24) is 4.90 Å². The Labute approximate surface area is 153 Å². The molecule has 1 aromatic heterocycles. The first-order valence-corrected chi connectivity index (χ1v) is 8.96. The van der Waals surface area contributed by atoms with Crippen LogP contribution in [0.15, 0.2) is 22.6 Å². The van der Waals surface area contributed by atoms with Gasteiger partial charge in [0.15, 0.2) is 0 Å². The molecule has 0 aliphatic carbocycles. The van der Waals surface area contributed by atoms with Crippen molar-refractivity contribution in [2.45, 2.75) is 52.1 Å². The van der Waals surface area contributed by atoms with E-state index in [-0.39, 0.29) is 6.09 Å². The molecule has 6 heteroatoms. The molecule has 140 valence electrons. The second kappa shape index (κ2) is 6.67. The summed E-state index contributed by atoms with van der Waals surface area (Å²) in [6.07, 6.45) is 1.42. The van der Waals surface area contributed by atoms with Crippen LogP contribution in [0.4, 0.5) is 4.79 Å². The molecule has 26 heavy (non-hydrogen) atoms. The summed E-state index contributed by atoms with van der Waals surface area (Å²) in [6.45, 7) is 8.77. The molecule has 2 N–H and O–H groups in total. The molecule has 0 unspecified atom stereocenters. The molecule has 2 amide bonds.